The van der Waals surface area contributed by atoms with Crippen molar-refractivity contribution in [3.8, 4) is 0 Å². The van der Waals surface area contributed by atoms with Crippen LogP contribution in [0, 0.1) is 0 Å². The molecule has 88 valence electrons. The Bertz CT molecular complexity index is 360. The van der Waals surface area contributed by atoms with E-state index in [9.17, 15) is 4.79 Å². The van der Waals surface area contributed by atoms with E-state index in [0.717, 1.165) is 4.90 Å². The summed E-state index contributed by atoms with van der Waals surface area (Å²) in [6.45, 7) is 4.87. The SMILES string of the molecule is CSC(C)(C)CNC(=O)c1ccc(S)cc1. The van der Waals surface area contributed by atoms with Crippen LogP contribution in [0.4, 0.5) is 0 Å². The van der Waals surface area contributed by atoms with Gasteiger partial charge >= 0.3 is 0 Å². The van der Waals surface area contributed by atoms with Crippen LogP contribution < -0.4 is 5.32 Å². The van der Waals surface area contributed by atoms with E-state index in [0.29, 0.717) is 12.1 Å². The third-order valence-corrected chi connectivity index (χ3v) is 3.90. The lowest BCUT2D eigenvalue weighted by atomic mass is 10.2. The van der Waals surface area contributed by atoms with Gasteiger partial charge in [-0.25, -0.2) is 0 Å². The third-order valence-electron chi connectivity index (χ3n) is 2.36. The van der Waals surface area contributed by atoms with E-state index in [2.05, 4.69) is 31.8 Å². The summed E-state index contributed by atoms with van der Waals surface area (Å²) < 4.78 is 0.0686. The lowest BCUT2D eigenvalue weighted by Crippen LogP contribution is -2.36. The van der Waals surface area contributed by atoms with Crippen LogP contribution in [-0.2, 0) is 0 Å². The highest BCUT2D eigenvalue weighted by Crippen LogP contribution is 2.19. The maximum absolute atomic E-state index is 11.8. The molecule has 1 aromatic rings. The Kier molecular flexibility index (Phi) is 4.74. The Labute approximate surface area is 107 Å². The molecule has 0 heterocycles. The number of rotatable bonds is 4. The quantitative estimate of drug-likeness (QED) is 0.810. The number of hydrogen-bond acceptors (Lipinski definition) is 3. The molecule has 1 N–H and O–H groups in total. The number of nitrogens with one attached hydrogen (secondary N) is 1. The molecule has 0 aliphatic heterocycles. The first-order valence-corrected chi connectivity index (χ1v) is 6.74. The summed E-state index contributed by atoms with van der Waals surface area (Å²) in [5.41, 5.74) is 0.676. The van der Waals surface area contributed by atoms with Crippen LogP contribution in [0.25, 0.3) is 0 Å². The standard InChI is InChI=1S/C12H17NOS2/c1-12(2,16-3)8-13-11(14)9-4-6-10(15)7-5-9/h4-7,15H,8H2,1-3H3,(H,13,14). The van der Waals surface area contributed by atoms with Crippen LogP contribution in [-0.4, -0.2) is 23.5 Å². The van der Waals surface area contributed by atoms with Crippen molar-refractivity contribution in [3.05, 3.63) is 29.8 Å². The molecule has 1 aromatic carbocycles. The van der Waals surface area contributed by atoms with Crippen LogP contribution in [0.1, 0.15) is 24.2 Å². The molecule has 1 rings (SSSR count). The predicted octanol–water partition coefficient (Wildman–Crippen LogP) is 2.85. The highest BCUT2D eigenvalue weighted by Gasteiger charge is 2.17. The van der Waals surface area contributed by atoms with Gasteiger partial charge < -0.3 is 5.32 Å². The van der Waals surface area contributed by atoms with Gasteiger partial charge in [0.25, 0.3) is 5.91 Å². The van der Waals surface area contributed by atoms with Gasteiger partial charge in [-0.2, -0.15) is 11.8 Å². The molecule has 1 amide bonds. The molecule has 0 atom stereocenters. The fraction of sp³-hybridized carbons (Fsp3) is 0.417. The van der Waals surface area contributed by atoms with Crippen molar-refractivity contribution in [3.63, 3.8) is 0 Å². The van der Waals surface area contributed by atoms with E-state index in [1.54, 1.807) is 23.9 Å². The lowest BCUT2D eigenvalue weighted by molar-refractivity contribution is 0.0951. The Morgan fingerprint density at radius 3 is 2.44 bits per heavy atom. The van der Waals surface area contributed by atoms with Crippen LogP contribution >= 0.6 is 24.4 Å². The van der Waals surface area contributed by atoms with Crippen molar-refractivity contribution in [2.45, 2.75) is 23.5 Å². The molecule has 0 bridgehead atoms. The van der Waals surface area contributed by atoms with Gasteiger partial charge in [0, 0.05) is 21.8 Å². The number of carbonyl (C=O) groups excluding carboxylic acids is 1. The van der Waals surface area contributed by atoms with E-state index in [1.165, 1.54) is 0 Å². The molecule has 16 heavy (non-hydrogen) atoms. The van der Waals surface area contributed by atoms with Crippen molar-refractivity contribution in [1.82, 2.24) is 5.32 Å². The molecule has 2 nitrogen and oxygen atoms in total. The van der Waals surface area contributed by atoms with Gasteiger partial charge in [0.15, 0.2) is 0 Å². The normalized spacial score (nSPS) is 11.2. The summed E-state index contributed by atoms with van der Waals surface area (Å²) in [6.07, 6.45) is 2.04. The first-order valence-electron chi connectivity index (χ1n) is 5.07. The minimum absolute atomic E-state index is 0.0320. The summed E-state index contributed by atoms with van der Waals surface area (Å²) in [5, 5.41) is 2.92. The highest BCUT2D eigenvalue weighted by atomic mass is 32.2. The third kappa shape index (κ3) is 4.10. The van der Waals surface area contributed by atoms with E-state index < -0.39 is 0 Å². The summed E-state index contributed by atoms with van der Waals surface area (Å²) in [7, 11) is 0. The Balaban J connectivity index is 2.56. The molecular formula is C12H17NOS2. The summed E-state index contributed by atoms with van der Waals surface area (Å²) in [4.78, 5) is 12.6. The summed E-state index contributed by atoms with van der Waals surface area (Å²) in [5.74, 6) is -0.0320. The predicted molar refractivity (Wildman–Crippen MR) is 73.6 cm³/mol. The molecule has 0 unspecified atom stereocenters. The first kappa shape index (κ1) is 13.5. The Hall–Kier alpha value is -0.610. The van der Waals surface area contributed by atoms with Crippen LogP contribution in [0.2, 0.25) is 0 Å². The van der Waals surface area contributed by atoms with Crippen molar-refractivity contribution in [1.29, 1.82) is 0 Å². The van der Waals surface area contributed by atoms with Gasteiger partial charge in [-0.3, -0.25) is 4.79 Å². The lowest BCUT2D eigenvalue weighted by Gasteiger charge is -2.22. The zero-order chi connectivity index (χ0) is 12.2. The maximum atomic E-state index is 11.8. The highest BCUT2D eigenvalue weighted by molar-refractivity contribution is 7.99. The van der Waals surface area contributed by atoms with E-state index in [4.69, 9.17) is 0 Å². The van der Waals surface area contributed by atoms with Crippen LogP contribution in [0.5, 0.6) is 0 Å². The van der Waals surface area contributed by atoms with Gasteiger partial charge in [0.1, 0.15) is 0 Å². The van der Waals surface area contributed by atoms with Crippen molar-refractivity contribution in [2.24, 2.45) is 0 Å². The molecule has 4 heteroatoms. The molecule has 0 aliphatic carbocycles. The fourth-order valence-electron chi connectivity index (χ4n) is 1.08. The van der Waals surface area contributed by atoms with Gasteiger partial charge in [-0.05, 0) is 44.4 Å². The van der Waals surface area contributed by atoms with Gasteiger partial charge in [-0.1, -0.05) is 0 Å². The average molecular weight is 255 g/mol. The summed E-state index contributed by atoms with van der Waals surface area (Å²) in [6, 6.07) is 7.20. The molecule has 0 fully saturated rings. The number of benzene rings is 1. The minimum Gasteiger partial charge on any atom is -0.351 e. The summed E-state index contributed by atoms with van der Waals surface area (Å²) >= 11 is 5.92. The molecule has 0 aromatic heterocycles. The molecule has 0 saturated carbocycles. The second kappa shape index (κ2) is 5.64. The minimum atomic E-state index is -0.0320. The second-order valence-electron chi connectivity index (χ2n) is 4.19. The smallest absolute Gasteiger partial charge is 0.251 e. The van der Waals surface area contributed by atoms with E-state index in [-0.39, 0.29) is 10.7 Å². The van der Waals surface area contributed by atoms with Crippen molar-refractivity contribution in [2.75, 3.05) is 12.8 Å². The number of carbonyl (C=O) groups is 1. The van der Waals surface area contributed by atoms with Gasteiger partial charge in [0.2, 0.25) is 0 Å². The number of thioether (sulfide) groups is 1. The van der Waals surface area contributed by atoms with Crippen LogP contribution in [0.3, 0.4) is 0 Å². The Morgan fingerprint density at radius 1 is 1.38 bits per heavy atom. The second-order valence-corrected chi connectivity index (χ2v) is 6.22. The zero-order valence-electron chi connectivity index (χ0n) is 9.78. The van der Waals surface area contributed by atoms with Gasteiger partial charge in [-0.15, -0.1) is 12.6 Å². The fourth-order valence-corrected chi connectivity index (χ4v) is 1.45. The number of amides is 1. The molecule has 0 spiro atoms. The first-order chi connectivity index (χ1) is 7.44. The maximum Gasteiger partial charge on any atom is 0.251 e. The zero-order valence-corrected chi connectivity index (χ0v) is 11.5. The molecule has 0 saturated heterocycles. The van der Waals surface area contributed by atoms with Crippen LogP contribution in [0.15, 0.2) is 29.2 Å². The molecule has 0 aliphatic rings. The van der Waals surface area contributed by atoms with Crippen molar-refractivity contribution >= 4 is 30.3 Å². The monoisotopic (exact) mass is 255 g/mol. The topological polar surface area (TPSA) is 29.1 Å². The van der Waals surface area contributed by atoms with E-state index >= 15 is 0 Å². The number of hydrogen-bond donors (Lipinski definition) is 2. The van der Waals surface area contributed by atoms with Gasteiger partial charge in [0.05, 0.1) is 0 Å². The molecular weight excluding hydrogens is 238 g/mol. The Morgan fingerprint density at radius 2 is 1.94 bits per heavy atom. The number of thiol groups is 1. The van der Waals surface area contributed by atoms with E-state index in [1.807, 2.05) is 18.4 Å². The molecule has 0 radical (unpaired) electrons. The van der Waals surface area contributed by atoms with Crippen molar-refractivity contribution < 1.29 is 4.79 Å². The average Bonchev–Trinajstić information content (AvgIpc) is 2.27. The largest absolute Gasteiger partial charge is 0.351 e.